The van der Waals surface area contributed by atoms with E-state index in [4.69, 9.17) is 10.4 Å². The van der Waals surface area contributed by atoms with E-state index in [1.165, 1.54) is 0 Å². The molecule has 0 unspecified atom stereocenters. The molecule has 0 heterocycles. The Balaban J connectivity index is 4.52. The van der Waals surface area contributed by atoms with E-state index < -0.39 is 30.4 Å². The number of nitrogens with zero attached hydrogens (tertiary/aromatic N) is 1. The molecule has 92 valence electrons. The van der Waals surface area contributed by atoms with E-state index in [2.05, 4.69) is 0 Å². The summed E-state index contributed by atoms with van der Waals surface area (Å²) in [4.78, 5) is 11.6. The van der Waals surface area contributed by atoms with Crippen LogP contribution in [0.1, 0.15) is 26.7 Å². The molecule has 16 heavy (non-hydrogen) atoms. The smallest absolute Gasteiger partial charge is 0.287 e. The van der Waals surface area contributed by atoms with Gasteiger partial charge in [0.05, 0.1) is 12.6 Å². The summed E-state index contributed by atoms with van der Waals surface area (Å²) in [6.45, 7) is 1.02. The molecule has 0 aromatic rings. The molecule has 0 fully saturated rings. The first-order valence-electron chi connectivity index (χ1n) is 5.05. The topological polar surface area (TPSA) is 73.1 Å². The van der Waals surface area contributed by atoms with Gasteiger partial charge in [-0.1, -0.05) is 13.8 Å². The fraction of sp³-hybridized carbons (Fsp3) is 0.800. The lowest BCUT2D eigenvalue weighted by atomic mass is 9.83. The largest absolute Gasteiger partial charge is 0.390 e. The summed E-state index contributed by atoms with van der Waals surface area (Å²) >= 11 is 0. The molecule has 0 aliphatic heterocycles. The molecule has 0 aromatic heterocycles. The minimum Gasteiger partial charge on any atom is -0.390 e. The van der Waals surface area contributed by atoms with Crippen LogP contribution in [-0.2, 0) is 4.79 Å². The van der Waals surface area contributed by atoms with Gasteiger partial charge in [-0.15, -0.1) is 0 Å². The van der Waals surface area contributed by atoms with E-state index in [9.17, 15) is 13.6 Å². The van der Waals surface area contributed by atoms with Crippen molar-refractivity contribution < 1.29 is 18.7 Å². The van der Waals surface area contributed by atoms with Crippen LogP contribution >= 0.6 is 0 Å². The van der Waals surface area contributed by atoms with Gasteiger partial charge in [-0.05, 0) is 12.8 Å². The number of carbonyl (C=O) groups is 1. The van der Waals surface area contributed by atoms with Gasteiger partial charge in [-0.25, -0.2) is 8.78 Å². The van der Waals surface area contributed by atoms with Crippen molar-refractivity contribution in [3.63, 3.8) is 0 Å². The molecule has 0 rings (SSSR count). The molecule has 0 bridgehead atoms. The zero-order chi connectivity index (χ0) is 12.8. The Kier molecular flexibility index (Phi) is 5.31. The maximum absolute atomic E-state index is 12.7. The number of halogens is 2. The normalized spacial score (nSPS) is 12.0. The van der Waals surface area contributed by atoms with Crippen molar-refractivity contribution in [2.45, 2.75) is 32.6 Å². The van der Waals surface area contributed by atoms with Gasteiger partial charge in [-0.2, -0.15) is 5.26 Å². The molecule has 6 heteroatoms. The third-order valence-electron chi connectivity index (χ3n) is 2.59. The Morgan fingerprint density at radius 2 is 1.94 bits per heavy atom. The molecule has 0 atom stereocenters. The molecule has 4 nitrogen and oxygen atoms in total. The molecule has 2 N–H and O–H groups in total. The van der Waals surface area contributed by atoms with Crippen LogP contribution in [0.25, 0.3) is 0 Å². The summed E-state index contributed by atoms with van der Waals surface area (Å²) in [6.07, 6.45) is 0.521. The van der Waals surface area contributed by atoms with Crippen molar-refractivity contribution in [1.29, 1.82) is 5.26 Å². The van der Waals surface area contributed by atoms with Crippen molar-refractivity contribution in [2.75, 3.05) is 13.2 Å². The van der Waals surface area contributed by atoms with Gasteiger partial charge >= 0.3 is 0 Å². The van der Waals surface area contributed by atoms with E-state index in [-0.39, 0.29) is 12.8 Å². The number of nitrogens with one attached hydrogen (secondary N) is 1. The summed E-state index contributed by atoms with van der Waals surface area (Å²) in [7, 11) is 0. The lowest BCUT2D eigenvalue weighted by Gasteiger charge is -2.23. The highest BCUT2D eigenvalue weighted by Gasteiger charge is 2.37. The molecule has 0 spiro atoms. The number of hydrogen-bond acceptors (Lipinski definition) is 3. The van der Waals surface area contributed by atoms with Gasteiger partial charge in [0, 0.05) is 0 Å². The van der Waals surface area contributed by atoms with Crippen LogP contribution in [0.5, 0.6) is 0 Å². The molecular formula is C10H16F2N2O2. The maximum Gasteiger partial charge on any atom is 0.287 e. The van der Waals surface area contributed by atoms with Gasteiger partial charge in [0.2, 0.25) is 5.91 Å². The molecule has 0 aromatic carbocycles. The maximum atomic E-state index is 12.7. The van der Waals surface area contributed by atoms with Crippen LogP contribution in [0.2, 0.25) is 0 Å². The Morgan fingerprint density at radius 1 is 1.44 bits per heavy atom. The first-order valence-corrected chi connectivity index (χ1v) is 5.05. The quantitative estimate of drug-likeness (QED) is 0.721. The second-order valence-electron chi connectivity index (χ2n) is 3.60. The van der Waals surface area contributed by atoms with Crippen LogP contribution in [0.4, 0.5) is 8.78 Å². The van der Waals surface area contributed by atoms with Gasteiger partial charge in [-0.3, -0.25) is 4.79 Å². The molecule has 0 saturated carbocycles. The third-order valence-corrected chi connectivity index (χ3v) is 2.59. The molecule has 1 amide bonds. The predicted octanol–water partition coefficient (Wildman–Crippen LogP) is 1.06. The first kappa shape index (κ1) is 14.8. The molecule has 0 aliphatic rings. The minimum atomic E-state index is -3.35. The monoisotopic (exact) mass is 234 g/mol. The summed E-state index contributed by atoms with van der Waals surface area (Å²) in [5.41, 5.74) is -1.26. The summed E-state index contributed by atoms with van der Waals surface area (Å²) in [5.74, 6) is -4.06. The molecular weight excluding hydrogens is 218 g/mol. The van der Waals surface area contributed by atoms with Gasteiger partial charge in [0.1, 0.15) is 12.0 Å². The zero-order valence-electron chi connectivity index (χ0n) is 9.39. The number of aliphatic hydroxyl groups excluding tert-OH is 1. The highest BCUT2D eigenvalue weighted by atomic mass is 19.3. The fourth-order valence-corrected chi connectivity index (χ4v) is 1.21. The highest BCUT2D eigenvalue weighted by Crippen LogP contribution is 2.25. The number of nitriles is 1. The number of rotatable bonds is 6. The number of alkyl halides is 2. The van der Waals surface area contributed by atoms with Crippen molar-refractivity contribution in [2.24, 2.45) is 5.41 Å². The standard InChI is InChI=1S/C10H16F2N2O2/c1-3-9(4-2,5-13)8(16)14-6-10(11,12)7-15/h15H,3-4,6-7H2,1-2H3,(H,14,16). The van der Waals surface area contributed by atoms with E-state index in [0.29, 0.717) is 0 Å². The van der Waals surface area contributed by atoms with Gasteiger partial charge < -0.3 is 10.4 Å². The van der Waals surface area contributed by atoms with Crippen LogP contribution in [0.3, 0.4) is 0 Å². The number of carbonyl (C=O) groups excluding carboxylic acids is 1. The van der Waals surface area contributed by atoms with E-state index in [0.717, 1.165) is 0 Å². The van der Waals surface area contributed by atoms with Gasteiger partial charge in [0.15, 0.2) is 0 Å². The Labute approximate surface area is 93.3 Å². The summed E-state index contributed by atoms with van der Waals surface area (Å²) in [6, 6.07) is 1.85. The Morgan fingerprint density at radius 3 is 2.25 bits per heavy atom. The average molecular weight is 234 g/mol. The fourth-order valence-electron chi connectivity index (χ4n) is 1.21. The Hall–Kier alpha value is -1.22. The number of amides is 1. The SMILES string of the molecule is CCC(C#N)(CC)C(=O)NCC(F)(F)CO. The van der Waals surface area contributed by atoms with Crippen LogP contribution in [0, 0.1) is 16.7 Å². The highest BCUT2D eigenvalue weighted by molar-refractivity contribution is 5.85. The van der Waals surface area contributed by atoms with Crippen LogP contribution in [0.15, 0.2) is 0 Å². The molecule has 0 aliphatic carbocycles. The Bertz CT molecular complexity index is 283. The third kappa shape index (κ3) is 3.42. The molecule has 0 saturated heterocycles. The van der Waals surface area contributed by atoms with Crippen molar-refractivity contribution in [1.82, 2.24) is 5.32 Å². The van der Waals surface area contributed by atoms with Gasteiger partial charge in [0.25, 0.3) is 5.92 Å². The zero-order valence-corrected chi connectivity index (χ0v) is 9.39. The first-order chi connectivity index (χ1) is 7.37. The lowest BCUT2D eigenvalue weighted by Crippen LogP contribution is -2.45. The second kappa shape index (κ2) is 5.75. The average Bonchev–Trinajstić information content (AvgIpc) is 2.29. The minimum absolute atomic E-state index is 0.260. The summed E-state index contributed by atoms with van der Waals surface area (Å²) in [5, 5.41) is 19.2. The van der Waals surface area contributed by atoms with Crippen molar-refractivity contribution in [3.05, 3.63) is 0 Å². The summed E-state index contributed by atoms with van der Waals surface area (Å²) < 4.78 is 25.3. The number of aliphatic hydroxyl groups is 1. The van der Waals surface area contributed by atoms with E-state index in [1.807, 2.05) is 11.4 Å². The van der Waals surface area contributed by atoms with Crippen LogP contribution in [-0.4, -0.2) is 30.1 Å². The van der Waals surface area contributed by atoms with E-state index >= 15 is 0 Å². The molecule has 0 radical (unpaired) electrons. The van der Waals surface area contributed by atoms with E-state index in [1.54, 1.807) is 13.8 Å². The predicted molar refractivity (Wildman–Crippen MR) is 53.7 cm³/mol. The lowest BCUT2D eigenvalue weighted by molar-refractivity contribution is -0.131. The van der Waals surface area contributed by atoms with Crippen molar-refractivity contribution >= 4 is 5.91 Å². The van der Waals surface area contributed by atoms with Crippen LogP contribution < -0.4 is 5.32 Å². The number of hydrogen-bond donors (Lipinski definition) is 2. The second-order valence-corrected chi connectivity index (χ2v) is 3.60. The van der Waals surface area contributed by atoms with Crippen molar-refractivity contribution in [3.8, 4) is 6.07 Å².